The lowest BCUT2D eigenvalue weighted by molar-refractivity contribution is 0.296. The van der Waals surface area contributed by atoms with Crippen LogP contribution in [0.25, 0.3) is 0 Å². The van der Waals surface area contributed by atoms with Crippen molar-refractivity contribution >= 4 is 5.71 Å². The van der Waals surface area contributed by atoms with Crippen molar-refractivity contribution in [3.05, 3.63) is 59.1 Å². The van der Waals surface area contributed by atoms with Crippen LogP contribution in [0.4, 0.5) is 0 Å². The second-order valence-corrected chi connectivity index (χ2v) is 6.98. The molecule has 0 amide bonds. The van der Waals surface area contributed by atoms with Gasteiger partial charge in [0.25, 0.3) is 0 Å². The zero-order chi connectivity index (χ0) is 21.3. The standard InChI is InChI=1S/C23H35N3O2/c1-9-17(7)22(18-11-12-20(15(3)4)25-23(18)28-8)26-21(16(5)6)19(10-2)24-13-14-27/h11-12,15,24,27H,5,7,9-10,13-14H2,1-4,6,8H3/b21-19+,26-22?. The Morgan fingerprint density at radius 1 is 1.25 bits per heavy atom. The van der Waals surface area contributed by atoms with E-state index < -0.39 is 0 Å². The van der Waals surface area contributed by atoms with Crippen LogP contribution in [-0.4, -0.2) is 36.1 Å². The SMILES string of the molecule is C=C(CC)C(=N/C(C(=C)C)=C(\CC)NCCO)c1ccc(C(C)C)nc1OC. The van der Waals surface area contributed by atoms with E-state index in [9.17, 15) is 5.11 Å². The molecule has 0 fully saturated rings. The summed E-state index contributed by atoms with van der Waals surface area (Å²) in [5, 5.41) is 12.4. The lowest BCUT2D eigenvalue weighted by Crippen LogP contribution is -2.19. The zero-order valence-electron chi connectivity index (χ0n) is 18.2. The molecule has 0 aliphatic heterocycles. The minimum absolute atomic E-state index is 0.0552. The van der Waals surface area contributed by atoms with Gasteiger partial charge in [0.1, 0.15) is 0 Å². The third kappa shape index (κ3) is 6.06. The fourth-order valence-electron chi connectivity index (χ4n) is 2.72. The van der Waals surface area contributed by atoms with E-state index in [0.29, 0.717) is 18.3 Å². The molecule has 0 bridgehead atoms. The van der Waals surface area contributed by atoms with E-state index in [2.05, 4.69) is 44.2 Å². The Hall–Kier alpha value is -2.40. The lowest BCUT2D eigenvalue weighted by atomic mass is 10.00. The largest absolute Gasteiger partial charge is 0.480 e. The predicted molar refractivity (Wildman–Crippen MR) is 118 cm³/mol. The molecular formula is C23H35N3O2. The van der Waals surface area contributed by atoms with Crippen molar-refractivity contribution in [2.75, 3.05) is 20.3 Å². The van der Waals surface area contributed by atoms with Crippen LogP contribution in [0.2, 0.25) is 0 Å². The van der Waals surface area contributed by atoms with Crippen LogP contribution in [0.5, 0.6) is 5.88 Å². The van der Waals surface area contributed by atoms with Gasteiger partial charge in [0.05, 0.1) is 30.7 Å². The maximum absolute atomic E-state index is 9.17. The highest BCUT2D eigenvalue weighted by atomic mass is 16.5. The van der Waals surface area contributed by atoms with Crippen LogP contribution in [0.3, 0.4) is 0 Å². The molecule has 0 aromatic carbocycles. The number of methoxy groups -OCH3 is 1. The first-order chi connectivity index (χ1) is 13.3. The second kappa shape index (κ2) is 11.4. The van der Waals surface area contributed by atoms with Crippen LogP contribution >= 0.6 is 0 Å². The van der Waals surface area contributed by atoms with Gasteiger partial charge in [-0.1, -0.05) is 40.9 Å². The topological polar surface area (TPSA) is 66.7 Å². The molecule has 0 unspecified atom stereocenters. The quantitative estimate of drug-likeness (QED) is 0.426. The summed E-state index contributed by atoms with van der Waals surface area (Å²) >= 11 is 0. The molecule has 154 valence electrons. The van der Waals surface area contributed by atoms with Gasteiger partial charge in [-0.2, -0.15) is 0 Å². The molecule has 1 aromatic heterocycles. The van der Waals surface area contributed by atoms with Crippen LogP contribution in [0, 0.1) is 0 Å². The summed E-state index contributed by atoms with van der Waals surface area (Å²) < 4.78 is 5.59. The summed E-state index contributed by atoms with van der Waals surface area (Å²) in [4.78, 5) is 9.62. The van der Waals surface area contributed by atoms with Gasteiger partial charge in [0, 0.05) is 17.9 Å². The van der Waals surface area contributed by atoms with Gasteiger partial charge in [-0.15, -0.1) is 0 Å². The number of rotatable bonds is 11. The highest BCUT2D eigenvalue weighted by molar-refractivity contribution is 6.14. The number of hydrogen-bond donors (Lipinski definition) is 2. The Morgan fingerprint density at radius 2 is 1.93 bits per heavy atom. The number of aliphatic imine (C=N–C) groups is 1. The summed E-state index contributed by atoms with van der Waals surface area (Å²) in [6, 6.07) is 4.01. The summed E-state index contributed by atoms with van der Waals surface area (Å²) in [7, 11) is 1.62. The van der Waals surface area contributed by atoms with Gasteiger partial charge in [-0.3, -0.25) is 0 Å². The molecule has 5 heteroatoms. The first kappa shape index (κ1) is 23.6. The van der Waals surface area contributed by atoms with Gasteiger partial charge < -0.3 is 15.2 Å². The summed E-state index contributed by atoms with van der Waals surface area (Å²) in [6.07, 6.45) is 1.50. The first-order valence-corrected chi connectivity index (χ1v) is 9.86. The molecule has 28 heavy (non-hydrogen) atoms. The number of pyridine rings is 1. The Balaban J connectivity index is 3.67. The van der Waals surface area contributed by atoms with E-state index in [4.69, 9.17) is 9.73 Å². The molecule has 5 nitrogen and oxygen atoms in total. The Kier molecular flexibility index (Phi) is 9.66. The van der Waals surface area contributed by atoms with Gasteiger partial charge in [0.2, 0.25) is 5.88 Å². The van der Waals surface area contributed by atoms with E-state index in [-0.39, 0.29) is 6.61 Å². The number of aliphatic hydroxyl groups is 1. The van der Waals surface area contributed by atoms with Crippen molar-refractivity contribution in [1.29, 1.82) is 0 Å². The molecule has 0 spiro atoms. The number of nitrogens with zero attached hydrogens (tertiary/aromatic N) is 2. The first-order valence-electron chi connectivity index (χ1n) is 9.86. The van der Waals surface area contributed by atoms with E-state index in [1.165, 1.54) is 0 Å². The van der Waals surface area contributed by atoms with Crippen molar-refractivity contribution in [2.24, 2.45) is 4.99 Å². The molecule has 0 aliphatic carbocycles. The van der Waals surface area contributed by atoms with Gasteiger partial charge >= 0.3 is 0 Å². The smallest absolute Gasteiger partial charge is 0.222 e. The van der Waals surface area contributed by atoms with Crippen LogP contribution < -0.4 is 10.1 Å². The fraction of sp³-hybridized carbons (Fsp3) is 0.478. The predicted octanol–water partition coefficient (Wildman–Crippen LogP) is 4.75. The lowest BCUT2D eigenvalue weighted by Gasteiger charge is -2.17. The molecule has 0 aliphatic rings. The minimum atomic E-state index is 0.0552. The molecule has 1 heterocycles. The van der Waals surface area contributed by atoms with Crippen molar-refractivity contribution in [2.45, 2.75) is 53.4 Å². The fourth-order valence-corrected chi connectivity index (χ4v) is 2.72. The third-order valence-corrected chi connectivity index (χ3v) is 4.40. The van der Waals surface area contributed by atoms with Crippen molar-refractivity contribution in [1.82, 2.24) is 10.3 Å². The van der Waals surface area contributed by atoms with Crippen LogP contribution in [0.15, 0.2) is 52.8 Å². The maximum Gasteiger partial charge on any atom is 0.222 e. The Morgan fingerprint density at radius 3 is 2.39 bits per heavy atom. The van der Waals surface area contributed by atoms with Gasteiger partial charge in [-0.05, 0) is 49.0 Å². The van der Waals surface area contributed by atoms with Crippen molar-refractivity contribution < 1.29 is 9.84 Å². The zero-order valence-corrected chi connectivity index (χ0v) is 18.2. The van der Waals surface area contributed by atoms with E-state index in [0.717, 1.165) is 52.4 Å². The van der Waals surface area contributed by atoms with E-state index in [1.54, 1.807) is 7.11 Å². The molecule has 2 N–H and O–H groups in total. The maximum atomic E-state index is 9.17. The number of aliphatic hydroxyl groups excluding tert-OH is 1. The highest BCUT2D eigenvalue weighted by Gasteiger charge is 2.18. The van der Waals surface area contributed by atoms with E-state index >= 15 is 0 Å². The minimum Gasteiger partial charge on any atom is -0.480 e. The third-order valence-electron chi connectivity index (χ3n) is 4.40. The molecule has 0 atom stereocenters. The van der Waals surface area contributed by atoms with Crippen LogP contribution in [-0.2, 0) is 0 Å². The average Bonchev–Trinajstić information content (AvgIpc) is 2.69. The van der Waals surface area contributed by atoms with Crippen molar-refractivity contribution in [3.8, 4) is 5.88 Å². The summed E-state index contributed by atoms with van der Waals surface area (Å²) in [5.74, 6) is 0.847. The normalized spacial score (nSPS) is 12.6. The monoisotopic (exact) mass is 385 g/mol. The number of hydrogen-bond acceptors (Lipinski definition) is 5. The summed E-state index contributed by atoms with van der Waals surface area (Å²) in [5.41, 5.74) is 5.98. The van der Waals surface area contributed by atoms with Crippen molar-refractivity contribution in [3.63, 3.8) is 0 Å². The highest BCUT2D eigenvalue weighted by Crippen LogP contribution is 2.26. The number of ether oxygens (including phenoxy) is 1. The molecular weight excluding hydrogens is 350 g/mol. The molecule has 0 saturated heterocycles. The Labute approximate surface area is 170 Å². The van der Waals surface area contributed by atoms with Crippen LogP contribution in [0.1, 0.15) is 64.6 Å². The molecule has 1 rings (SSSR count). The van der Waals surface area contributed by atoms with Gasteiger partial charge in [-0.25, -0.2) is 9.98 Å². The number of aromatic nitrogens is 1. The van der Waals surface area contributed by atoms with Gasteiger partial charge in [0.15, 0.2) is 0 Å². The number of nitrogens with one attached hydrogen (secondary N) is 1. The Bertz CT molecular complexity index is 761. The second-order valence-electron chi connectivity index (χ2n) is 6.98. The van der Waals surface area contributed by atoms with E-state index in [1.807, 2.05) is 26.0 Å². The average molecular weight is 386 g/mol. The molecule has 1 aromatic rings. The molecule has 0 saturated carbocycles. The summed E-state index contributed by atoms with van der Waals surface area (Å²) in [6.45, 7) is 19.1. The molecule has 0 radical (unpaired) electrons. The number of allylic oxidation sites excluding steroid dienone is 3.